The van der Waals surface area contributed by atoms with Crippen molar-refractivity contribution >= 4 is 7.68 Å². The van der Waals surface area contributed by atoms with E-state index in [1.165, 1.54) is 0 Å². The Balaban J connectivity index is 3.38. The quantitative estimate of drug-likeness (QED) is 0.558. The molecule has 0 aliphatic heterocycles. The van der Waals surface area contributed by atoms with Crippen LogP contribution >= 0.6 is 7.68 Å². The van der Waals surface area contributed by atoms with Crippen LogP contribution in [0.5, 0.6) is 0 Å². The minimum atomic E-state index is -2.68. The Morgan fingerprint density at radius 2 is 2.22 bits per heavy atom. The third-order valence-corrected chi connectivity index (χ3v) is 1.49. The van der Waals surface area contributed by atoms with Gasteiger partial charge >= 0.3 is 7.68 Å². The zero-order chi connectivity index (χ0) is 7.28. The molecule has 0 rings (SSSR count). The first kappa shape index (κ1) is 8.82. The average molecular weight is 151 g/mol. The fourth-order valence-corrected chi connectivity index (χ4v) is 0.626. The van der Waals surface area contributed by atoms with E-state index >= 15 is 0 Å². The molecule has 5 heteroatoms. The molecule has 0 aliphatic carbocycles. The van der Waals surface area contributed by atoms with Crippen LogP contribution in [0, 0.1) is 0 Å². The topological polar surface area (TPSA) is 66.4 Å². The normalized spacial score (nSPS) is 13.1. The highest BCUT2D eigenvalue weighted by atomic mass is 31.1. The van der Waals surface area contributed by atoms with Crippen molar-refractivity contribution in [3.8, 4) is 0 Å². The smallest absolute Gasteiger partial charge is 0.346 e. The number of likely N-dealkylation sites (N-methyl/N-ethyl adjacent to an activating group) is 1. The molecule has 0 saturated heterocycles. The van der Waals surface area contributed by atoms with E-state index in [-0.39, 0.29) is 6.54 Å². The van der Waals surface area contributed by atoms with E-state index in [4.69, 9.17) is 5.11 Å². The first-order chi connectivity index (χ1) is 4.18. The Labute approximate surface area is 54.1 Å². The lowest BCUT2D eigenvalue weighted by Gasteiger charge is -1.99. The zero-order valence-corrected chi connectivity index (χ0v) is 6.10. The van der Waals surface area contributed by atoms with Crippen molar-refractivity contribution in [3.63, 3.8) is 0 Å². The minimum Gasteiger partial charge on any atom is -0.377 e. The van der Waals surface area contributed by atoms with Gasteiger partial charge in [0, 0.05) is 6.54 Å². The summed E-state index contributed by atoms with van der Waals surface area (Å²) < 4.78 is 19.9. The van der Waals surface area contributed by atoms with Crippen LogP contribution in [0.1, 0.15) is 6.92 Å². The first-order valence-electron chi connectivity index (χ1n) is 2.70. The molecule has 0 bridgehead atoms. The third-order valence-electron chi connectivity index (χ3n) is 0.820. The number of aliphatic hydroxyl groups is 1. The van der Waals surface area contributed by atoms with Crippen molar-refractivity contribution in [2.24, 2.45) is 0 Å². The van der Waals surface area contributed by atoms with Gasteiger partial charge in [0.05, 0.1) is 0 Å². The van der Waals surface area contributed by atoms with Crippen molar-refractivity contribution < 1.29 is 14.2 Å². The summed E-state index contributed by atoms with van der Waals surface area (Å²) in [5.41, 5.74) is 0. The molecule has 0 amide bonds. The maximum Gasteiger partial charge on any atom is 0.346 e. The predicted octanol–water partition coefficient (Wildman–Crippen LogP) is 0.0872. The maximum atomic E-state index is 9.95. The number of hydrogen-bond acceptors (Lipinski definition) is 4. The van der Waals surface area contributed by atoms with Gasteiger partial charge in [-0.2, -0.15) is 0 Å². The van der Waals surface area contributed by atoms with Crippen LogP contribution in [0.25, 0.3) is 0 Å². The number of rotatable bonds is 4. The van der Waals surface area contributed by atoms with E-state index < -0.39 is 13.5 Å². The van der Waals surface area contributed by atoms with Gasteiger partial charge in [0.2, 0.25) is 0 Å². The molecule has 1 atom stereocenters. The van der Waals surface area contributed by atoms with Gasteiger partial charge in [0.15, 0.2) is 5.85 Å². The summed E-state index contributed by atoms with van der Waals surface area (Å²) in [6, 6.07) is 0. The fourth-order valence-electron chi connectivity index (χ4n) is 0.348. The number of nitrogens with one attached hydrogen (secondary N) is 1. The second-order valence-electron chi connectivity index (χ2n) is 1.57. The predicted molar refractivity (Wildman–Crippen MR) is 32.8 cm³/mol. The van der Waals surface area contributed by atoms with Gasteiger partial charge in [-0.3, -0.25) is 0 Å². The highest BCUT2D eigenvalue weighted by Crippen LogP contribution is 2.08. The van der Waals surface area contributed by atoms with Crippen LogP contribution in [0.15, 0.2) is 0 Å². The molecule has 0 fully saturated rings. The molecule has 2 N–H and O–H groups in total. The zero-order valence-electron chi connectivity index (χ0n) is 5.20. The average Bonchev–Trinajstić information content (AvgIpc) is 1.82. The van der Waals surface area contributed by atoms with Crippen LogP contribution < -0.4 is 5.32 Å². The van der Waals surface area contributed by atoms with Crippen molar-refractivity contribution in [1.29, 1.82) is 0 Å². The van der Waals surface area contributed by atoms with Gasteiger partial charge < -0.3 is 10.4 Å². The Kier molecular flexibility index (Phi) is 4.58. The van der Waals surface area contributed by atoms with Crippen molar-refractivity contribution in [2.75, 3.05) is 13.1 Å². The van der Waals surface area contributed by atoms with E-state index in [2.05, 4.69) is 5.32 Å². The van der Waals surface area contributed by atoms with Gasteiger partial charge in [-0.05, 0) is 6.54 Å². The molecular weight excluding hydrogens is 141 g/mol. The monoisotopic (exact) mass is 151 g/mol. The van der Waals surface area contributed by atoms with E-state index in [1.54, 1.807) is 0 Å². The van der Waals surface area contributed by atoms with Gasteiger partial charge in [-0.15, -0.1) is 0 Å². The van der Waals surface area contributed by atoms with Gasteiger partial charge in [0.1, 0.15) is 0 Å². The highest BCUT2D eigenvalue weighted by Gasteiger charge is 2.06. The van der Waals surface area contributed by atoms with E-state index in [0.717, 1.165) is 0 Å². The molecule has 1 unspecified atom stereocenters. The standard InChI is InChI=1S/C4H10NO3P/c1-2-5-3-4(6)9(7)8/h4-6H,2-3H2,1H3. The molecule has 0 spiro atoms. The Morgan fingerprint density at radius 1 is 1.67 bits per heavy atom. The molecule has 0 aromatic heterocycles. The summed E-state index contributed by atoms with van der Waals surface area (Å²) in [5, 5.41) is 11.3. The first-order valence-corrected chi connectivity index (χ1v) is 3.95. The van der Waals surface area contributed by atoms with Crippen LogP contribution in [-0.2, 0) is 9.13 Å². The summed E-state index contributed by atoms with van der Waals surface area (Å²) in [4.78, 5) is 0. The molecule has 0 radical (unpaired) electrons. The van der Waals surface area contributed by atoms with Crippen molar-refractivity contribution in [2.45, 2.75) is 12.8 Å². The van der Waals surface area contributed by atoms with Crippen LogP contribution in [0.3, 0.4) is 0 Å². The van der Waals surface area contributed by atoms with Crippen molar-refractivity contribution in [3.05, 3.63) is 0 Å². The maximum absolute atomic E-state index is 9.95. The second-order valence-corrected chi connectivity index (χ2v) is 2.74. The molecule has 4 nitrogen and oxygen atoms in total. The van der Waals surface area contributed by atoms with E-state index in [9.17, 15) is 9.13 Å². The van der Waals surface area contributed by atoms with Gasteiger partial charge in [-0.25, -0.2) is 9.13 Å². The summed E-state index contributed by atoms with van der Waals surface area (Å²) in [5.74, 6) is -1.24. The SMILES string of the molecule is CCNCC(O)P(=O)=O. The van der Waals surface area contributed by atoms with Crippen molar-refractivity contribution in [1.82, 2.24) is 5.32 Å². The molecule has 0 aromatic rings. The lowest BCUT2D eigenvalue weighted by Crippen LogP contribution is -2.22. The Morgan fingerprint density at radius 3 is 2.56 bits per heavy atom. The molecule has 0 heterocycles. The van der Waals surface area contributed by atoms with Gasteiger partial charge in [0.25, 0.3) is 0 Å². The minimum absolute atomic E-state index is 0.120. The molecular formula is C4H10NO3P. The Bertz CT molecular complexity index is 126. The molecule has 0 aromatic carbocycles. The summed E-state index contributed by atoms with van der Waals surface area (Å²) >= 11 is 0. The van der Waals surface area contributed by atoms with Crippen LogP contribution in [0.2, 0.25) is 0 Å². The fraction of sp³-hybridized carbons (Fsp3) is 1.00. The summed E-state index contributed by atoms with van der Waals surface area (Å²) in [7, 11) is -2.68. The molecule has 0 aliphatic rings. The molecule has 54 valence electrons. The van der Waals surface area contributed by atoms with Crippen LogP contribution in [-0.4, -0.2) is 24.0 Å². The highest BCUT2D eigenvalue weighted by molar-refractivity contribution is 7.31. The second kappa shape index (κ2) is 4.68. The number of aliphatic hydroxyl groups excluding tert-OH is 1. The Hall–Kier alpha value is -0.180. The largest absolute Gasteiger partial charge is 0.377 e. The third kappa shape index (κ3) is 4.33. The van der Waals surface area contributed by atoms with Crippen LogP contribution in [0.4, 0.5) is 0 Å². The molecule has 9 heavy (non-hydrogen) atoms. The lowest BCUT2D eigenvalue weighted by molar-refractivity contribution is 0.241. The van der Waals surface area contributed by atoms with E-state index in [0.29, 0.717) is 6.54 Å². The lowest BCUT2D eigenvalue weighted by atomic mass is 10.6. The number of hydrogen-bond donors (Lipinski definition) is 2. The molecule has 0 saturated carbocycles. The summed E-state index contributed by atoms with van der Waals surface area (Å²) in [6.45, 7) is 2.63. The summed E-state index contributed by atoms with van der Waals surface area (Å²) in [6.07, 6.45) is 0. The van der Waals surface area contributed by atoms with Gasteiger partial charge in [-0.1, -0.05) is 6.92 Å². The van der Waals surface area contributed by atoms with E-state index in [1.807, 2.05) is 6.92 Å².